The molecule has 124 valence electrons. The summed E-state index contributed by atoms with van der Waals surface area (Å²) < 4.78 is 10.8. The first kappa shape index (κ1) is 17.6. The maximum Gasteiger partial charge on any atom is 0.193 e. The van der Waals surface area contributed by atoms with Crippen molar-refractivity contribution in [2.75, 3.05) is 19.8 Å². The monoisotopic (exact) mass is 324 g/mol. The van der Waals surface area contributed by atoms with Crippen molar-refractivity contribution in [3.05, 3.63) is 77.9 Å². The smallest absolute Gasteiger partial charge is 0.193 e. The van der Waals surface area contributed by atoms with E-state index in [1.807, 2.05) is 18.2 Å². The quantitative estimate of drug-likeness (QED) is 0.403. The lowest BCUT2D eigenvalue weighted by Crippen LogP contribution is -2.11. The van der Waals surface area contributed by atoms with Crippen LogP contribution < -0.4 is 4.74 Å². The lowest BCUT2D eigenvalue weighted by molar-refractivity contribution is -0.114. The maximum absolute atomic E-state index is 12.3. The molecule has 0 aliphatic rings. The van der Waals surface area contributed by atoms with E-state index in [0.29, 0.717) is 35.7 Å². The lowest BCUT2D eigenvalue weighted by atomic mass is 10.0. The summed E-state index contributed by atoms with van der Waals surface area (Å²) in [6, 6.07) is 16.1. The van der Waals surface area contributed by atoms with Gasteiger partial charge in [0.05, 0.1) is 13.2 Å². The number of Topliss-reactive ketones (excluding diaryl/α,β-unsaturated/α-hetero) is 1. The third-order valence-corrected chi connectivity index (χ3v) is 3.42. The largest absolute Gasteiger partial charge is 0.491 e. The Hall–Kier alpha value is -2.72. The molecule has 24 heavy (non-hydrogen) atoms. The third kappa shape index (κ3) is 5.18. The molecule has 0 amide bonds. The van der Waals surface area contributed by atoms with Gasteiger partial charge in [-0.2, -0.15) is 0 Å². The molecule has 0 aliphatic carbocycles. The van der Waals surface area contributed by atoms with Gasteiger partial charge in [-0.3, -0.25) is 9.59 Å². The summed E-state index contributed by atoms with van der Waals surface area (Å²) in [6.45, 7) is 6.00. The molecule has 0 aromatic heterocycles. The Morgan fingerprint density at radius 1 is 0.917 bits per heavy atom. The molecule has 0 bridgehead atoms. The van der Waals surface area contributed by atoms with Gasteiger partial charge in [-0.25, -0.2) is 0 Å². The summed E-state index contributed by atoms with van der Waals surface area (Å²) in [5, 5.41) is 0. The molecule has 2 aromatic rings. The Balaban J connectivity index is 1.79. The number of hydrogen-bond donors (Lipinski definition) is 0. The Kier molecular flexibility index (Phi) is 6.46. The van der Waals surface area contributed by atoms with Crippen LogP contribution in [0.2, 0.25) is 0 Å². The fourth-order valence-corrected chi connectivity index (χ4v) is 1.97. The van der Waals surface area contributed by atoms with Gasteiger partial charge in [-0.1, -0.05) is 36.9 Å². The van der Waals surface area contributed by atoms with E-state index in [4.69, 9.17) is 9.47 Å². The fourth-order valence-electron chi connectivity index (χ4n) is 1.97. The van der Waals surface area contributed by atoms with Crippen LogP contribution in [-0.2, 0) is 9.53 Å². The number of hydrogen-bond acceptors (Lipinski definition) is 4. The van der Waals surface area contributed by atoms with E-state index in [1.165, 1.54) is 6.92 Å². The molecular weight excluding hydrogens is 304 g/mol. The molecule has 0 saturated heterocycles. The van der Waals surface area contributed by atoms with Crippen molar-refractivity contribution >= 4 is 11.6 Å². The van der Waals surface area contributed by atoms with E-state index in [1.54, 1.807) is 36.4 Å². The molecule has 2 rings (SSSR count). The highest BCUT2D eigenvalue weighted by molar-refractivity contribution is 6.08. The minimum Gasteiger partial charge on any atom is -0.491 e. The molecule has 0 fully saturated rings. The van der Waals surface area contributed by atoms with Gasteiger partial charge in [0.15, 0.2) is 11.6 Å². The van der Waals surface area contributed by atoms with Gasteiger partial charge >= 0.3 is 0 Å². The molecule has 0 atom stereocenters. The average molecular weight is 324 g/mol. The molecular formula is C20H20O4. The van der Waals surface area contributed by atoms with Crippen LogP contribution in [0.3, 0.4) is 0 Å². The van der Waals surface area contributed by atoms with E-state index in [-0.39, 0.29) is 18.2 Å². The van der Waals surface area contributed by atoms with Crippen LogP contribution in [0.25, 0.3) is 0 Å². The maximum atomic E-state index is 12.3. The number of carbonyl (C=O) groups is 2. The normalized spacial score (nSPS) is 10.2. The third-order valence-electron chi connectivity index (χ3n) is 3.42. The van der Waals surface area contributed by atoms with Crippen LogP contribution in [0.15, 0.2) is 66.7 Å². The van der Waals surface area contributed by atoms with Gasteiger partial charge in [0.2, 0.25) is 0 Å². The zero-order valence-electron chi connectivity index (χ0n) is 13.7. The van der Waals surface area contributed by atoms with Gasteiger partial charge < -0.3 is 9.47 Å². The zero-order chi connectivity index (χ0) is 17.4. The molecule has 2 aromatic carbocycles. The molecule has 0 unspecified atom stereocenters. The first-order valence-electron chi connectivity index (χ1n) is 7.67. The van der Waals surface area contributed by atoms with Crippen molar-refractivity contribution in [1.29, 1.82) is 0 Å². The molecule has 0 N–H and O–H groups in total. The van der Waals surface area contributed by atoms with Crippen molar-refractivity contribution in [2.45, 2.75) is 6.92 Å². The summed E-state index contributed by atoms with van der Waals surface area (Å²) >= 11 is 0. The Bertz CT molecular complexity index is 702. The number of rotatable bonds is 9. The molecule has 0 heterocycles. The van der Waals surface area contributed by atoms with Gasteiger partial charge in [0.25, 0.3) is 0 Å². The van der Waals surface area contributed by atoms with Gasteiger partial charge in [-0.05, 0) is 31.2 Å². The van der Waals surface area contributed by atoms with Gasteiger partial charge in [0, 0.05) is 16.7 Å². The van der Waals surface area contributed by atoms with Crippen molar-refractivity contribution in [3.63, 3.8) is 0 Å². The second kappa shape index (κ2) is 8.79. The highest BCUT2D eigenvalue weighted by atomic mass is 16.5. The van der Waals surface area contributed by atoms with E-state index >= 15 is 0 Å². The topological polar surface area (TPSA) is 52.6 Å². The van der Waals surface area contributed by atoms with Crippen LogP contribution in [0, 0.1) is 0 Å². The number of ketones is 2. The van der Waals surface area contributed by atoms with E-state index < -0.39 is 0 Å². The van der Waals surface area contributed by atoms with Gasteiger partial charge in [0.1, 0.15) is 12.4 Å². The molecule has 0 spiro atoms. The van der Waals surface area contributed by atoms with Crippen molar-refractivity contribution in [3.8, 4) is 5.75 Å². The van der Waals surface area contributed by atoms with Crippen LogP contribution in [0.1, 0.15) is 22.8 Å². The van der Waals surface area contributed by atoms with E-state index in [9.17, 15) is 9.59 Å². The first-order chi connectivity index (χ1) is 11.6. The van der Waals surface area contributed by atoms with Crippen LogP contribution in [0.4, 0.5) is 0 Å². The predicted octanol–water partition coefficient (Wildman–Crippen LogP) is 3.46. The Morgan fingerprint density at radius 2 is 1.54 bits per heavy atom. The standard InChI is InChI=1S/C20H20O4/c1-15(16(2)21)14-23-12-13-24-19-10-8-18(9-11-19)20(22)17-6-4-3-5-7-17/h3-11H,1,12-14H2,2H3. The van der Waals surface area contributed by atoms with Crippen LogP contribution in [-0.4, -0.2) is 31.4 Å². The minimum absolute atomic E-state index is 0.0202. The molecule has 4 nitrogen and oxygen atoms in total. The summed E-state index contributed by atoms with van der Waals surface area (Å²) in [5.74, 6) is 0.566. The first-order valence-corrected chi connectivity index (χ1v) is 7.67. The number of carbonyl (C=O) groups excluding carboxylic acids is 2. The summed E-state index contributed by atoms with van der Waals surface area (Å²) in [6.07, 6.45) is 0. The SMILES string of the molecule is C=C(COCCOc1ccc(C(=O)c2ccccc2)cc1)C(C)=O. The molecule has 0 saturated carbocycles. The molecule has 0 radical (unpaired) electrons. The van der Waals surface area contributed by atoms with E-state index in [2.05, 4.69) is 6.58 Å². The predicted molar refractivity (Wildman–Crippen MR) is 92.5 cm³/mol. The van der Waals surface area contributed by atoms with Gasteiger partial charge in [-0.15, -0.1) is 0 Å². The highest BCUT2D eigenvalue weighted by Gasteiger charge is 2.08. The van der Waals surface area contributed by atoms with Crippen molar-refractivity contribution < 1.29 is 19.1 Å². The number of ether oxygens (including phenoxy) is 2. The average Bonchev–Trinajstić information content (AvgIpc) is 2.62. The summed E-state index contributed by atoms with van der Waals surface area (Å²) in [4.78, 5) is 23.3. The highest BCUT2D eigenvalue weighted by Crippen LogP contribution is 2.15. The summed E-state index contributed by atoms with van der Waals surface area (Å²) in [5.41, 5.74) is 1.71. The molecule has 0 aliphatic heterocycles. The Labute approximate surface area is 141 Å². The fraction of sp³-hybridized carbons (Fsp3) is 0.200. The summed E-state index contributed by atoms with van der Waals surface area (Å²) in [7, 11) is 0. The second-order valence-electron chi connectivity index (χ2n) is 5.28. The minimum atomic E-state index is -0.0745. The van der Waals surface area contributed by atoms with Crippen LogP contribution >= 0.6 is 0 Å². The Morgan fingerprint density at radius 3 is 2.17 bits per heavy atom. The lowest BCUT2D eigenvalue weighted by Gasteiger charge is -2.08. The van der Waals surface area contributed by atoms with Crippen molar-refractivity contribution in [1.82, 2.24) is 0 Å². The van der Waals surface area contributed by atoms with Crippen molar-refractivity contribution in [2.24, 2.45) is 0 Å². The van der Waals surface area contributed by atoms with E-state index in [0.717, 1.165) is 0 Å². The zero-order valence-corrected chi connectivity index (χ0v) is 13.7. The molecule has 4 heteroatoms. The second-order valence-corrected chi connectivity index (χ2v) is 5.28. The number of benzene rings is 2. The van der Waals surface area contributed by atoms with Crippen LogP contribution in [0.5, 0.6) is 5.75 Å².